The van der Waals surface area contributed by atoms with Crippen molar-refractivity contribution in [1.29, 1.82) is 0 Å². The molecule has 19 heavy (non-hydrogen) atoms. The molecule has 0 aliphatic heterocycles. The number of anilines is 1. The molecule has 1 aromatic carbocycles. The lowest BCUT2D eigenvalue weighted by molar-refractivity contribution is -0.119. The summed E-state index contributed by atoms with van der Waals surface area (Å²) < 4.78 is 5.22. The van der Waals surface area contributed by atoms with Crippen LogP contribution < -0.4 is 15.8 Å². The van der Waals surface area contributed by atoms with Crippen molar-refractivity contribution in [3.05, 3.63) is 24.3 Å². The number of benzene rings is 1. The molecule has 1 amide bonds. The zero-order valence-electron chi connectivity index (χ0n) is 11.4. The highest BCUT2D eigenvalue weighted by atomic mass is 16.5. The second-order valence-electron chi connectivity index (χ2n) is 5.36. The molecule has 4 heteroatoms. The first-order valence-corrected chi connectivity index (χ1v) is 6.91. The van der Waals surface area contributed by atoms with Crippen molar-refractivity contribution in [1.82, 2.24) is 0 Å². The number of amides is 1. The number of ether oxygens (including phenoxy) is 1. The normalized spacial score (nSPS) is 16.5. The van der Waals surface area contributed by atoms with Crippen molar-refractivity contribution in [3.8, 4) is 5.75 Å². The first kappa shape index (κ1) is 13.7. The summed E-state index contributed by atoms with van der Waals surface area (Å²) in [5, 5.41) is 3.49. The molecule has 3 N–H and O–H groups in total. The average Bonchev–Trinajstić information content (AvgIpc) is 2.33. The standard InChI is InChI=1S/C15H22N2O2/c1-11(9-12-3-2-4-12)17-13-5-7-14(8-6-13)19-10-15(16)18/h5-8,11-12,17H,2-4,9-10H2,1H3,(H2,16,18). The topological polar surface area (TPSA) is 64.3 Å². The summed E-state index contributed by atoms with van der Waals surface area (Å²) in [6.07, 6.45) is 5.39. The highest BCUT2D eigenvalue weighted by Gasteiger charge is 2.19. The predicted molar refractivity (Wildman–Crippen MR) is 76.2 cm³/mol. The molecule has 2 rings (SSSR count). The van der Waals surface area contributed by atoms with Gasteiger partial charge in [0.25, 0.3) is 5.91 Å². The van der Waals surface area contributed by atoms with Crippen LogP contribution in [0.2, 0.25) is 0 Å². The fourth-order valence-electron chi connectivity index (χ4n) is 2.37. The Morgan fingerprint density at radius 3 is 2.63 bits per heavy atom. The minimum absolute atomic E-state index is 0.0785. The number of hydrogen-bond acceptors (Lipinski definition) is 3. The van der Waals surface area contributed by atoms with Crippen molar-refractivity contribution in [2.45, 2.75) is 38.6 Å². The number of hydrogen-bond donors (Lipinski definition) is 2. The second kappa shape index (κ2) is 6.45. The highest BCUT2D eigenvalue weighted by Crippen LogP contribution is 2.31. The van der Waals surface area contributed by atoms with Gasteiger partial charge in [-0.3, -0.25) is 4.79 Å². The Bertz CT molecular complexity index is 413. The van der Waals surface area contributed by atoms with E-state index in [2.05, 4.69) is 12.2 Å². The number of rotatable bonds is 7. The maximum absolute atomic E-state index is 10.6. The van der Waals surface area contributed by atoms with E-state index in [1.54, 1.807) is 0 Å². The fraction of sp³-hybridized carbons (Fsp3) is 0.533. The van der Waals surface area contributed by atoms with E-state index in [-0.39, 0.29) is 6.61 Å². The summed E-state index contributed by atoms with van der Waals surface area (Å²) in [5.74, 6) is 1.10. The summed E-state index contributed by atoms with van der Waals surface area (Å²) in [4.78, 5) is 10.6. The maximum atomic E-state index is 10.6. The molecule has 1 atom stereocenters. The SMILES string of the molecule is CC(CC1CCC1)Nc1ccc(OCC(N)=O)cc1. The maximum Gasteiger partial charge on any atom is 0.255 e. The van der Waals surface area contributed by atoms with Gasteiger partial charge in [0.05, 0.1) is 0 Å². The molecule has 1 unspecified atom stereocenters. The van der Waals surface area contributed by atoms with Crippen LogP contribution in [0.15, 0.2) is 24.3 Å². The molecule has 1 fully saturated rings. The van der Waals surface area contributed by atoms with E-state index in [4.69, 9.17) is 10.5 Å². The van der Waals surface area contributed by atoms with Crippen molar-refractivity contribution in [2.75, 3.05) is 11.9 Å². The molecule has 1 aliphatic rings. The zero-order valence-corrected chi connectivity index (χ0v) is 11.4. The molecule has 0 saturated heterocycles. The van der Waals surface area contributed by atoms with Gasteiger partial charge in [-0.1, -0.05) is 19.3 Å². The largest absolute Gasteiger partial charge is 0.484 e. The van der Waals surface area contributed by atoms with E-state index in [1.165, 1.54) is 25.7 Å². The summed E-state index contributed by atoms with van der Waals surface area (Å²) in [7, 11) is 0. The number of nitrogens with two attached hydrogens (primary N) is 1. The summed E-state index contributed by atoms with van der Waals surface area (Å²) in [6, 6.07) is 8.12. The smallest absolute Gasteiger partial charge is 0.255 e. The van der Waals surface area contributed by atoms with Gasteiger partial charge in [0, 0.05) is 11.7 Å². The number of nitrogens with one attached hydrogen (secondary N) is 1. The van der Waals surface area contributed by atoms with Gasteiger partial charge >= 0.3 is 0 Å². The van der Waals surface area contributed by atoms with E-state index >= 15 is 0 Å². The van der Waals surface area contributed by atoms with E-state index in [0.29, 0.717) is 11.8 Å². The lowest BCUT2D eigenvalue weighted by Gasteiger charge is -2.28. The van der Waals surface area contributed by atoms with Crippen molar-refractivity contribution in [2.24, 2.45) is 11.7 Å². The van der Waals surface area contributed by atoms with Gasteiger partial charge in [-0.2, -0.15) is 0 Å². The Morgan fingerprint density at radius 2 is 2.11 bits per heavy atom. The third-order valence-electron chi connectivity index (χ3n) is 3.56. The van der Waals surface area contributed by atoms with Gasteiger partial charge in [-0.25, -0.2) is 0 Å². The lowest BCUT2D eigenvalue weighted by atomic mass is 9.81. The van der Waals surface area contributed by atoms with E-state index < -0.39 is 5.91 Å². The number of primary amides is 1. The molecule has 0 spiro atoms. The predicted octanol–water partition coefficient (Wildman–Crippen LogP) is 2.54. The minimum atomic E-state index is -0.462. The minimum Gasteiger partial charge on any atom is -0.484 e. The van der Waals surface area contributed by atoms with Crippen molar-refractivity contribution < 1.29 is 9.53 Å². The summed E-state index contributed by atoms with van der Waals surface area (Å²) in [6.45, 7) is 2.14. The van der Waals surface area contributed by atoms with Crippen LogP contribution in [0.5, 0.6) is 5.75 Å². The summed E-state index contributed by atoms with van der Waals surface area (Å²) >= 11 is 0. The Morgan fingerprint density at radius 1 is 1.42 bits per heavy atom. The Hall–Kier alpha value is -1.71. The van der Waals surface area contributed by atoms with Crippen LogP contribution in [-0.4, -0.2) is 18.6 Å². The van der Waals surface area contributed by atoms with Crippen LogP contribution in [0.1, 0.15) is 32.6 Å². The second-order valence-corrected chi connectivity index (χ2v) is 5.36. The van der Waals surface area contributed by atoms with Crippen LogP contribution in [0, 0.1) is 5.92 Å². The van der Waals surface area contributed by atoms with E-state index in [1.807, 2.05) is 24.3 Å². The van der Waals surface area contributed by atoms with Crippen LogP contribution >= 0.6 is 0 Å². The van der Waals surface area contributed by atoms with Gasteiger partial charge in [0.1, 0.15) is 5.75 Å². The first-order valence-electron chi connectivity index (χ1n) is 6.91. The van der Waals surface area contributed by atoms with E-state index in [9.17, 15) is 4.79 Å². The molecular weight excluding hydrogens is 240 g/mol. The van der Waals surface area contributed by atoms with Crippen LogP contribution in [0.25, 0.3) is 0 Å². The van der Waals surface area contributed by atoms with E-state index in [0.717, 1.165) is 11.6 Å². The monoisotopic (exact) mass is 262 g/mol. The van der Waals surface area contributed by atoms with Gasteiger partial charge in [0.2, 0.25) is 0 Å². The van der Waals surface area contributed by atoms with Gasteiger partial charge in [-0.05, 0) is 43.5 Å². The van der Waals surface area contributed by atoms with Crippen LogP contribution in [-0.2, 0) is 4.79 Å². The average molecular weight is 262 g/mol. The Labute approximate surface area is 114 Å². The molecule has 104 valence electrons. The van der Waals surface area contributed by atoms with Gasteiger partial charge in [-0.15, -0.1) is 0 Å². The Kier molecular flexibility index (Phi) is 4.66. The molecular formula is C15H22N2O2. The Balaban J connectivity index is 1.78. The zero-order chi connectivity index (χ0) is 13.7. The summed E-state index contributed by atoms with van der Waals surface area (Å²) in [5.41, 5.74) is 6.11. The molecule has 1 aliphatic carbocycles. The highest BCUT2D eigenvalue weighted by molar-refractivity contribution is 5.75. The van der Waals surface area contributed by atoms with Crippen molar-refractivity contribution in [3.63, 3.8) is 0 Å². The number of carbonyl (C=O) groups excluding carboxylic acids is 1. The molecule has 4 nitrogen and oxygen atoms in total. The lowest BCUT2D eigenvalue weighted by Crippen LogP contribution is -2.23. The molecule has 1 saturated carbocycles. The van der Waals surface area contributed by atoms with Gasteiger partial charge in [0.15, 0.2) is 6.61 Å². The molecule has 1 aromatic rings. The first-order chi connectivity index (χ1) is 9.13. The third kappa shape index (κ3) is 4.47. The molecule has 0 heterocycles. The number of carbonyl (C=O) groups is 1. The molecule has 0 bridgehead atoms. The third-order valence-corrected chi connectivity index (χ3v) is 3.56. The van der Waals surface area contributed by atoms with Crippen LogP contribution in [0.3, 0.4) is 0 Å². The molecule has 0 radical (unpaired) electrons. The fourth-order valence-corrected chi connectivity index (χ4v) is 2.37. The van der Waals surface area contributed by atoms with Gasteiger partial charge < -0.3 is 15.8 Å². The van der Waals surface area contributed by atoms with Crippen molar-refractivity contribution >= 4 is 11.6 Å². The van der Waals surface area contributed by atoms with Crippen LogP contribution in [0.4, 0.5) is 5.69 Å². The quantitative estimate of drug-likeness (QED) is 0.793. The molecule has 0 aromatic heterocycles.